The average Bonchev–Trinajstić information content (AvgIpc) is 0. The Kier molecular flexibility index (Phi) is 183. The van der Waals surface area contributed by atoms with E-state index >= 15 is 0 Å². The molecule has 0 heterocycles. The van der Waals surface area contributed by atoms with Gasteiger partial charge in [-0.1, -0.05) is 0 Å². The SMILES string of the molecule is [Cd].[GaH3].[InH3].[Ni].[PbH2]. The third kappa shape index (κ3) is 18.1. The van der Waals surface area contributed by atoms with Crippen molar-refractivity contribution in [3.8, 4) is 0 Å². The van der Waals surface area contributed by atoms with Crippen molar-refractivity contribution in [3.05, 3.63) is 0 Å². The van der Waals surface area contributed by atoms with E-state index in [9.17, 15) is 0 Å². The zero-order chi connectivity index (χ0) is 0. The minimum atomic E-state index is 0. The van der Waals surface area contributed by atoms with Gasteiger partial charge in [0, 0.05) is 43.8 Å². The van der Waals surface area contributed by atoms with E-state index in [0.29, 0.717) is 0 Å². The summed E-state index contributed by atoms with van der Waals surface area (Å²) in [6.45, 7) is 0. The van der Waals surface area contributed by atoms with Crippen LogP contribution in [0, 0.1) is 0 Å². The van der Waals surface area contributed by atoms with Gasteiger partial charge in [0.05, 0.1) is 0 Å². The Morgan fingerprint density at radius 3 is 1.00 bits per heavy atom. The number of hydrogen-bond donors (Lipinski definition) is 0. The fourth-order valence-corrected chi connectivity index (χ4v) is 0. The molecule has 5 heavy (non-hydrogen) atoms. The number of rotatable bonds is 0. The monoisotopic (exact) mass is 572 g/mol. The van der Waals surface area contributed by atoms with Crippen molar-refractivity contribution in [3.63, 3.8) is 0 Å². The third-order valence-corrected chi connectivity index (χ3v) is 0. The molecule has 0 amide bonds. The molecule has 2 radical (unpaired) electrons. The summed E-state index contributed by atoms with van der Waals surface area (Å²) in [4.78, 5) is 0. The van der Waals surface area contributed by atoms with Gasteiger partial charge in [-0.25, -0.2) is 0 Å². The summed E-state index contributed by atoms with van der Waals surface area (Å²) in [5, 5.41) is 0. The Labute approximate surface area is 114 Å². The predicted molar refractivity (Wildman–Crippen MR) is 28.4 cm³/mol. The van der Waals surface area contributed by atoms with E-state index in [0.717, 1.165) is 0 Å². The second-order valence-electron chi connectivity index (χ2n) is 0. The van der Waals surface area contributed by atoms with Crippen LogP contribution in [0.25, 0.3) is 0 Å². The first kappa shape index (κ1) is 36.8. The van der Waals surface area contributed by atoms with Crippen LogP contribution < -0.4 is 0 Å². The summed E-state index contributed by atoms with van der Waals surface area (Å²) in [7, 11) is 0. The van der Waals surface area contributed by atoms with Gasteiger partial charge < -0.3 is 0 Å². The molecule has 5 heteroatoms. The molecule has 0 aromatic heterocycles. The first-order valence-corrected chi connectivity index (χ1v) is 0. The van der Waals surface area contributed by atoms with Gasteiger partial charge in [0.15, 0.2) is 0 Å². The molecule has 0 saturated carbocycles. The van der Waals surface area contributed by atoms with Crippen LogP contribution in [-0.4, -0.2) is 72.9 Å². The van der Waals surface area contributed by atoms with Gasteiger partial charge >= 0.3 is 72.9 Å². The van der Waals surface area contributed by atoms with Gasteiger partial charge in [0.2, 0.25) is 0 Å². The van der Waals surface area contributed by atoms with Crippen LogP contribution in [-0.2, 0) is 43.8 Å². The van der Waals surface area contributed by atoms with Gasteiger partial charge in [-0.2, -0.15) is 0 Å². The second-order valence-corrected chi connectivity index (χ2v) is 0. The van der Waals surface area contributed by atoms with E-state index in [4.69, 9.17) is 0 Å². The van der Waals surface area contributed by atoms with E-state index in [2.05, 4.69) is 0 Å². The van der Waals surface area contributed by atoms with E-state index in [1.807, 2.05) is 0 Å². The van der Waals surface area contributed by atoms with E-state index in [1.165, 1.54) is 0 Å². The molecule has 0 aromatic carbocycles. The standard InChI is InChI=1S/Cd.Ga.In.Ni.Pb.8H. The molecule has 0 fully saturated rings. The molecular weight excluding hydrogens is 563 g/mol. The zero-order valence-corrected chi connectivity index (χ0v) is 12.3. The van der Waals surface area contributed by atoms with Gasteiger partial charge in [0.25, 0.3) is 0 Å². The second kappa shape index (κ2) is 24.9. The quantitative estimate of drug-likeness (QED) is 0.268. The molecule has 0 aromatic rings. The molecule has 30 valence electrons. The topological polar surface area (TPSA) is 0 Å². The fraction of sp³-hybridized carbons (Fsp3) is 0. The Bertz CT molecular complexity index is 11.6. The molecule has 0 saturated heterocycles. The number of hydrogen-bond acceptors (Lipinski definition) is 0. The summed E-state index contributed by atoms with van der Waals surface area (Å²) < 4.78 is 0. The Morgan fingerprint density at radius 1 is 1.00 bits per heavy atom. The van der Waals surface area contributed by atoms with E-state index in [-0.39, 0.29) is 117 Å². The molecule has 0 bridgehead atoms. The molecule has 0 nitrogen and oxygen atoms in total. The van der Waals surface area contributed by atoms with E-state index in [1.54, 1.807) is 0 Å². The maximum absolute atomic E-state index is 0. The van der Waals surface area contributed by atoms with Gasteiger partial charge in [-0.05, 0) is 0 Å². The predicted octanol–water partition coefficient (Wildman–Crippen LogP) is -3.29. The first-order chi connectivity index (χ1) is 0. The molecular formula is H8CdGaInNiPb. The van der Waals surface area contributed by atoms with Gasteiger partial charge in [-0.3, -0.25) is 0 Å². The van der Waals surface area contributed by atoms with Crippen molar-refractivity contribution < 1.29 is 43.8 Å². The van der Waals surface area contributed by atoms with Crippen molar-refractivity contribution in [2.45, 2.75) is 0 Å². The van der Waals surface area contributed by atoms with Crippen LogP contribution in [0.3, 0.4) is 0 Å². The Morgan fingerprint density at radius 2 is 1.00 bits per heavy atom. The van der Waals surface area contributed by atoms with Crippen LogP contribution in [0.1, 0.15) is 0 Å². The summed E-state index contributed by atoms with van der Waals surface area (Å²) in [6, 6.07) is 0. The molecule has 0 aliphatic carbocycles. The van der Waals surface area contributed by atoms with Crippen LogP contribution in [0.15, 0.2) is 0 Å². The van der Waals surface area contributed by atoms with Gasteiger partial charge in [-0.15, -0.1) is 0 Å². The van der Waals surface area contributed by atoms with Crippen molar-refractivity contribution in [1.82, 2.24) is 0 Å². The first-order valence-electron chi connectivity index (χ1n) is 0. The van der Waals surface area contributed by atoms with Crippen LogP contribution in [0.5, 0.6) is 0 Å². The fourth-order valence-electron chi connectivity index (χ4n) is 0. The molecule has 0 unspecified atom stereocenters. The minimum absolute atomic E-state index is 0. The van der Waals surface area contributed by atoms with Crippen molar-refractivity contribution in [2.24, 2.45) is 0 Å². The molecule has 0 atom stereocenters. The summed E-state index contributed by atoms with van der Waals surface area (Å²) in [5.41, 5.74) is 0. The summed E-state index contributed by atoms with van der Waals surface area (Å²) >= 11 is 0. The molecule has 0 aliphatic rings. The molecule has 0 aliphatic heterocycles. The molecule has 0 spiro atoms. The average molecular weight is 571 g/mol. The van der Waals surface area contributed by atoms with Gasteiger partial charge in [0.1, 0.15) is 0 Å². The van der Waals surface area contributed by atoms with Crippen molar-refractivity contribution in [1.29, 1.82) is 0 Å². The zero-order valence-electron chi connectivity index (χ0n) is 1.73. The Hall–Kier alpha value is 3.84. The summed E-state index contributed by atoms with van der Waals surface area (Å²) in [5.74, 6) is 0. The van der Waals surface area contributed by atoms with E-state index < -0.39 is 0 Å². The normalized spacial score (nSPS) is 0. The van der Waals surface area contributed by atoms with Crippen LogP contribution in [0.4, 0.5) is 0 Å². The van der Waals surface area contributed by atoms with Crippen LogP contribution in [0.2, 0.25) is 0 Å². The van der Waals surface area contributed by atoms with Crippen LogP contribution >= 0.6 is 0 Å². The third-order valence-electron chi connectivity index (χ3n) is 0. The molecule has 0 rings (SSSR count). The maximum atomic E-state index is 0. The summed E-state index contributed by atoms with van der Waals surface area (Å²) in [6.07, 6.45) is 0. The Balaban J connectivity index is 0. The van der Waals surface area contributed by atoms with Crippen molar-refractivity contribution >= 4 is 72.9 Å². The molecule has 0 N–H and O–H groups in total. The van der Waals surface area contributed by atoms with Crippen molar-refractivity contribution in [2.75, 3.05) is 0 Å².